The van der Waals surface area contributed by atoms with Gasteiger partial charge in [0.05, 0.1) is 0 Å². The van der Waals surface area contributed by atoms with E-state index >= 15 is 0 Å². The molecule has 0 aromatic carbocycles. The first kappa shape index (κ1) is 74.6. The standard InChI is InChI=1S/C72H126O6/c1-4-7-10-13-16-19-22-25-27-29-31-33-35-36-38-39-41-43-45-47-50-53-56-59-62-65-71(74)77-68-69(67-76-70(73)64-61-58-55-52-49-24-21-18-15-12-9-6-3)78-72(75)66-63-60-57-54-51-48-46-44-42-40-37-34-32-30-28-26-23-20-17-14-11-8-5-2/h7,10,16,19,23,25-27,30-33,36,38,69H,4-6,8-9,11-15,17-18,20-22,24,28-29,34-35,37,39-68H2,1-3H3/b10-7-,19-16-,26-23-,27-25-,32-30-,33-31-,38-36-. The normalized spacial score (nSPS) is 12.6. The lowest BCUT2D eigenvalue weighted by molar-refractivity contribution is -0.167. The molecule has 0 saturated heterocycles. The summed E-state index contributed by atoms with van der Waals surface area (Å²) in [5, 5.41) is 0. The van der Waals surface area contributed by atoms with Crippen LogP contribution in [0.15, 0.2) is 85.1 Å². The van der Waals surface area contributed by atoms with E-state index < -0.39 is 6.10 Å². The van der Waals surface area contributed by atoms with Gasteiger partial charge in [-0.05, 0) is 96.3 Å². The lowest BCUT2D eigenvalue weighted by Crippen LogP contribution is -2.30. The quantitative estimate of drug-likeness (QED) is 0.0261. The highest BCUT2D eigenvalue weighted by atomic mass is 16.6. The van der Waals surface area contributed by atoms with Gasteiger partial charge in [0.25, 0.3) is 0 Å². The molecule has 6 heteroatoms. The molecule has 0 amide bonds. The maximum absolute atomic E-state index is 12.9. The van der Waals surface area contributed by atoms with Gasteiger partial charge >= 0.3 is 17.9 Å². The summed E-state index contributed by atoms with van der Waals surface area (Å²) in [6.45, 7) is 6.55. The number of esters is 3. The van der Waals surface area contributed by atoms with Crippen molar-refractivity contribution in [1.82, 2.24) is 0 Å². The minimum absolute atomic E-state index is 0.0756. The van der Waals surface area contributed by atoms with E-state index in [-0.39, 0.29) is 31.1 Å². The van der Waals surface area contributed by atoms with Crippen LogP contribution < -0.4 is 0 Å². The Balaban J connectivity index is 4.29. The molecule has 0 aliphatic carbocycles. The van der Waals surface area contributed by atoms with Crippen molar-refractivity contribution in [2.45, 2.75) is 341 Å². The largest absolute Gasteiger partial charge is 0.462 e. The van der Waals surface area contributed by atoms with E-state index in [0.717, 1.165) is 103 Å². The first-order valence-corrected chi connectivity index (χ1v) is 33.6. The van der Waals surface area contributed by atoms with Gasteiger partial charge in [0.1, 0.15) is 13.2 Å². The van der Waals surface area contributed by atoms with Crippen molar-refractivity contribution in [1.29, 1.82) is 0 Å². The van der Waals surface area contributed by atoms with Crippen molar-refractivity contribution in [3.05, 3.63) is 85.1 Å². The second-order valence-electron chi connectivity index (χ2n) is 22.4. The number of rotatable bonds is 61. The summed E-state index contributed by atoms with van der Waals surface area (Å²) >= 11 is 0. The maximum atomic E-state index is 12.9. The molecular formula is C72H126O6. The van der Waals surface area contributed by atoms with Gasteiger partial charge in [-0.3, -0.25) is 14.4 Å². The van der Waals surface area contributed by atoms with Crippen molar-refractivity contribution in [3.63, 3.8) is 0 Å². The van der Waals surface area contributed by atoms with Crippen LogP contribution >= 0.6 is 0 Å². The fourth-order valence-electron chi connectivity index (χ4n) is 9.62. The molecule has 0 radical (unpaired) electrons. The predicted molar refractivity (Wildman–Crippen MR) is 339 cm³/mol. The van der Waals surface area contributed by atoms with Crippen LogP contribution in [0.5, 0.6) is 0 Å². The highest BCUT2D eigenvalue weighted by Crippen LogP contribution is 2.17. The second-order valence-corrected chi connectivity index (χ2v) is 22.4. The molecule has 0 saturated carbocycles. The number of ether oxygens (including phenoxy) is 3. The minimum Gasteiger partial charge on any atom is -0.462 e. The third-order valence-corrected chi connectivity index (χ3v) is 14.6. The van der Waals surface area contributed by atoms with Gasteiger partial charge in [-0.2, -0.15) is 0 Å². The molecule has 1 atom stereocenters. The Morgan fingerprint density at radius 1 is 0.269 bits per heavy atom. The molecule has 6 nitrogen and oxygen atoms in total. The molecule has 78 heavy (non-hydrogen) atoms. The monoisotopic (exact) mass is 1090 g/mol. The summed E-state index contributed by atoms with van der Waals surface area (Å²) in [6, 6.07) is 0. The highest BCUT2D eigenvalue weighted by Gasteiger charge is 2.19. The van der Waals surface area contributed by atoms with Gasteiger partial charge < -0.3 is 14.2 Å². The minimum atomic E-state index is -0.780. The van der Waals surface area contributed by atoms with Crippen molar-refractivity contribution < 1.29 is 28.6 Å². The Labute approximate surface area is 484 Å². The van der Waals surface area contributed by atoms with Gasteiger partial charge in [0.2, 0.25) is 0 Å². The summed E-state index contributed by atoms with van der Waals surface area (Å²) in [7, 11) is 0. The van der Waals surface area contributed by atoms with Crippen molar-refractivity contribution in [2.24, 2.45) is 0 Å². The fraction of sp³-hybridized carbons (Fsp3) is 0.764. The summed E-state index contributed by atoms with van der Waals surface area (Å²) in [5.74, 6) is -0.869. The Morgan fingerprint density at radius 2 is 0.500 bits per heavy atom. The summed E-state index contributed by atoms with van der Waals surface area (Å²) in [6.07, 6.45) is 87.3. The molecule has 0 N–H and O–H groups in total. The number of carbonyl (C=O) groups is 3. The number of hydrogen-bond donors (Lipinski definition) is 0. The first-order valence-electron chi connectivity index (χ1n) is 33.6. The van der Waals surface area contributed by atoms with Crippen molar-refractivity contribution in [2.75, 3.05) is 13.2 Å². The van der Waals surface area contributed by atoms with Crippen LogP contribution in [-0.2, 0) is 28.6 Å². The van der Waals surface area contributed by atoms with Crippen LogP contribution in [0.1, 0.15) is 335 Å². The summed E-state index contributed by atoms with van der Waals surface area (Å²) in [4.78, 5) is 38.4. The van der Waals surface area contributed by atoms with Crippen LogP contribution in [0, 0.1) is 0 Å². The van der Waals surface area contributed by atoms with Crippen LogP contribution in [0.3, 0.4) is 0 Å². The third-order valence-electron chi connectivity index (χ3n) is 14.6. The number of carbonyl (C=O) groups excluding carboxylic acids is 3. The molecular weight excluding hydrogens is 961 g/mol. The Morgan fingerprint density at radius 3 is 0.782 bits per heavy atom. The maximum Gasteiger partial charge on any atom is 0.306 e. The number of hydrogen-bond acceptors (Lipinski definition) is 6. The van der Waals surface area contributed by atoms with Crippen LogP contribution in [-0.4, -0.2) is 37.2 Å². The Hall–Kier alpha value is -3.41. The van der Waals surface area contributed by atoms with E-state index in [1.165, 1.54) is 193 Å². The lowest BCUT2D eigenvalue weighted by atomic mass is 10.0. The van der Waals surface area contributed by atoms with E-state index in [0.29, 0.717) is 19.3 Å². The van der Waals surface area contributed by atoms with E-state index in [4.69, 9.17) is 14.2 Å². The van der Waals surface area contributed by atoms with E-state index in [1.54, 1.807) is 0 Å². The zero-order chi connectivity index (χ0) is 56.4. The smallest absolute Gasteiger partial charge is 0.306 e. The molecule has 0 aliphatic heterocycles. The third kappa shape index (κ3) is 63.4. The van der Waals surface area contributed by atoms with E-state index in [2.05, 4.69) is 106 Å². The molecule has 0 bridgehead atoms. The molecule has 0 aromatic rings. The van der Waals surface area contributed by atoms with Crippen LogP contribution in [0.4, 0.5) is 0 Å². The number of allylic oxidation sites excluding steroid dienone is 14. The van der Waals surface area contributed by atoms with E-state index in [1.807, 2.05) is 0 Å². The average molecular weight is 1090 g/mol. The summed E-state index contributed by atoms with van der Waals surface area (Å²) in [5.41, 5.74) is 0. The van der Waals surface area contributed by atoms with Gasteiger partial charge in [-0.1, -0.05) is 305 Å². The fourth-order valence-corrected chi connectivity index (χ4v) is 9.62. The SMILES string of the molecule is CC/C=C\C/C=C\C/C=C\C/C=C\C/C=C\CCCCCCCCCCCC(=O)OCC(COC(=O)CCCCCCCCCCCCCC)OC(=O)CCCCCCCCCCCCC/C=C\C/C=C\CCCCCCC. The average Bonchev–Trinajstić information content (AvgIpc) is 3.44. The lowest BCUT2D eigenvalue weighted by Gasteiger charge is -2.18. The van der Waals surface area contributed by atoms with Crippen molar-refractivity contribution >= 4 is 17.9 Å². The molecule has 0 heterocycles. The van der Waals surface area contributed by atoms with Gasteiger partial charge in [-0.25, -0.2) is 0 Å². The topological polar surface area (TPSA) is 78.9 Å². The molecule has 450 valence electrons. The van der Waals surface area contributed by atoms with Crippen molar-refractivity contribution in [3.8, 4) is 0 Å². The van der Waals surface area contributed by atoms with Gasteiger partial charge in [0, 0.05) is 19.3 Å². The molecule has 0 rings (SSSR count). The Kier molecular flexibility index (Phi) is 63.2. The van der Waals surface area contributed by atoms with Crippen LogP contribution in [0.2, 0.25) is 0 Å². The van der Waals surface area contributed by atoms with Gasteiger partial charge in [0.15, 0.2) is 6.10 Å². The molecule has 0 aliphatic rings. The molecule has 1 unspecified atom stereocenters. The van der Waals surface area contributed by atoms with Gasteiger partial charge in [-0.15, -0.1) is 0 Å². The zero-order valence-corrected chi connectivity index (χ0v) is 51.7. The molecule has 0 spiro atoms. The zero-order valence-electron chi connectivity index (χ0n) is 51.7. The van der Waals surface area contributed by atoms with Crippen LogP contribution in [0.25, 0.3) is 0 Å². The predicted octanol–water partition coefficient (Wildman–Crippen LogP) is 23.1. The summed E-state index contributed by atoms with van der Waals surface area (Å²) < 4.78 is 17.0. The number of unbranched alkanes of at least 4 members (excludes halogenated alkanes) is 36. The molecule has 0 aromatic heterocycles. The first-order chi connectivity index (χ1) is 38.5. The molecule has 0 fully saturated rings. The second kappa shape index (κ2) is 66.1. The highest BCUT2D eigenvalue weighted by molar-refractivity contribution is 5.71. The Bertz CT molecular complexity index is 1480. The van der Waals surface area contributed by atoms with E-state index in [9.17, 15) is 14.4 Å².